The van der Waals surface area contributed by atoms with Crippen molar-refractivity contribution in [1.29, 1.82) is 0 Å². The van der Waals surface area contributed by atoms with Crippen LogP contribution in [0.1, 0.15) is 60.8 Å². The van der Waals surface area contributed by atoms with Crippen molar-refractivity contribution in [2.45, 2.75) is 52.4 Å². The minimum absolute atomic E-state index is 0.136. The molecule has 0 bridgehead atoms. The van der Waals surface area contributed by atoms with Crippen LogP contribution in [0.5, 0.6) is 0 Å². The monoisotopic (exact) mass is 494 g/mol. The Morgan fingerprint density at radius 1 is 0.694 bits per heavy atom. The van der Waals surface area contributed by atoms with Gasteiger partial charge in [-0.15, -0.1) is 0 Å². The van der Waals surface area contributed by atoms with E-state index in [4.69, 9.17) is 9.47 Å². The van der Waals surface area contributed by atoms with Gasteiger partial charge in [-0.1, -0.05) is 62.4 Å². The first-order chi connectivity index (χ1) is 17.4. The van der Waals surface area contributed by atoms with Crippen LogP contribution in [0.25, 0.3) is 0 Å². The summed E-state index contributed by atoms with van der Waals surface area (Å²) in [5.41, 5.74) is 4.37. The third-order valence-electron chi connectivity index (χ3n) is 7.28. The minimum atomic E-state index is -0.205. The summed E-state index contributed by atoms with van der Waals surface area (Å²) >= 11 is 0. The number of carbonyl (C=O) groups is 2. The summed E-state index contributed by atoms with van der Waals surface area (Å²) in [5.74, 6) is -0.681. The number of piperazine rings is 1. The van der Waals surface area contributed by atoms with E-state index in [1.54, 1.807) is 0 Å². The Morgan fingerprint density at radius 3 is 1.39 bits per heavy atom. The van der Waals surface area contributed by atoms with E-state index in [0.29, 0.717) is 13.2 Å². The Hall–Kier alpha value is -2.70. The molecule has 2 aromatic carbocycles. The highest BCUT2D eigenvalue weighted by Gasteiger charge is 2.24. The van der Waals surface area contributed by atoms with Crippen LogP contribution in [0.3, 0.4) is 0 Å². The van der Waals surface area contributed by atoms with Crippen LogP contribution in [0.4, 0.5) is 0 Å². The molecule has 0 aromatic heterocycles. The van der Waals surface area contributed by atoms with Gasteiger partial charge in [0.25, 0.3) is 0 Å². The molecule has 6 heteroatoms. The van der Waals surface area contributed by atoms with Gasteiger partial charge in [-0.25, -0.2) is 0 Å². The summed E-state index contributed by atoms with van der Waals surface area (Å²) in [7, 11) is 0. The smallest absolute Gasteiger partial charge is 0.313 e. The first-order valence-electron chi connectivity index (χ1n) is 13.3. The molecule has 0 N–H and O–H groups in total. The van der Waals surface area contributed by atoms with Gasteiger partial charge in [0, 0.05) is 39.3 Å². The number of ether oxygens (including phenoxy) is 2. The number of nitrogens with zero attached hydrogens (tertiary/aromatic N) is 2. The molecule has 0 radical (unpaired) electrons. The van der Waals surface area contributed by atoms with E-state index in [1.165, 1.54) is 0 Å². The molecule has 0 saturated carbocycles. The molecule has 2 aromatic rings. The highest BCUT2D eigenvalue weighted by atomic mass is 16.5. The van der Waals surface area contributed by atoms with Gasteiger partial charge in [-0.05, 0) is 48.9 Å². The van der Waals surface area contributed by atoms with E-state index >= 15 is 0 Å². The summed E-state index contributed by atoms with van der Waals surface area (Å²) in [6, 6.07) is 16.1. The number of rotatable bonds is 12. The van der Waals surface area contributed by atoms with E-state index in [9.17, 15) is 9.59 Å². The van der Waals surface area contributed by atoms with Gasteiger partial charge in [0.2, 0.25) is 0 Å². The molecule has 196 valence electrons. The molecule has 1 aliphatic heterocycles. The SMILES string of the molecule is CCC(C(=O)OCCN1CCN(CCOC(=O)C(CC)c2ccccc2C)CC1)c1ccccc1C. The maximum absolute atomic E-state index is 12.7. The molecule has 2 atom stereocenters. The van der Waals surface area contributed by atoms with E-state index < -0.39 is 0 Å². The maximum atomic E-state index is 12.7. The van der Waals surface area contributed by atoms with Crippen LogP contribution in [0.2, 0.25) is 0 Å². The zero-order chi connectivity index (χ0) is 25.9. The molecule has 0 amide bonds. The number of carbonyl (C=O) groups excluding carboxylic acids is 2. The van der Waals surface area contributed by atoms with Crippen LogP contribution < -0.4 is 0 Å². The highest BCUT2D eigenvalue weighted by Crippen LogP contribution is 2.25. The maximum Gasteiger partial charge on any atom is 0.313 e. The predicted molar refractivity (Wildman–Crippen MR) is 143 cm³/mol. The summed E-state index contributed by atoms with van der Waals surface area (Å²) in [5, 5.41) is 0. The van der Waals surface area contributed by atoms with Gasteiger partial charge in [-0.2, -0.15) is 0 Å². The fraction of sp³-hybridized carbons (Fsp3) is 0.533. The van der Waals surface area contributed by atoms with Gasteiger partial charge < -0.3 is 9.47 Å². The lowest BCUT2D eigenvalue weighted by Crippen LogP contribution is -2.48. The van der Waals surface area contributed by atoms with Crippen LogP contribution in [-0.4, -0.2) is 74.2 Å². The number of aryl methyl sites for hydroxylation is 2. The molecule has 2 unspecified atom stereocenters. The van der Waals surface area contributed by atoms with Crippen molar-refractivity contribution < 1.29 is 19.1 Å². The first-order valence-corrected chi connectivity index (χ1v) is 13.3. The standard InChI is InChI=1S/C30H42N2O4/c1-5-25(27-13-9-7-11-23(27)3)29(33)35-21-19-31-15-17-32(18-16-31)20-22-36-30(34)26(6-2)28-14-10-8-12-24(28)4/h7-14,25-26H,5-6,15-22H2,1-4H3. The second kappa shape index (κ2) is 14.1. The van der Waals surface area contributed by atoms with Crippen molar-refractivity contribution in [2.24, 2.45) is 0 Å². The minimum Gasteiger partial charge on any atom is -0.464 e. The second-order valence-corrected chi connectivity index (χ2v) is 9.65. The predicted octanol–water partition coefficient (Wildman–Crippen LogP) is 4.69. The third kappa shape index (κ3) is 7.65. The van der Waals surface area contributed by atoms with Crippen molar-refractivity contribution >= 4 is 11.9 Å². The van der Waals surface area contributed by atoms with Gasteiger partial charge >= 0.3 is 11.9 Å². The second-order valence-electron chi connectivity index (χ2n) is 9.65. The van der Waals surface area contributed by atoms with Crippen molar-refractivity contribution in [3.8, 4) is 0 Å². The van der Waals surface area contributed by atoms with Crippen LogP contribution >= 0.6 is 0 Å². The number of esters is 2. The Balaban J connectivity index is 1.34. The fourth-order valence-electron chi connectivity index (χ4n) is 4.97. The Morgan fingerprint density at radius 2 is 1.06 bits per heavy atom. The molecular weight excluding hydrogens is 452 g/mol. The first kappa shape index (κ1) is 27.9. The van der Waals surface area contributed by atoms with E-state index in [2.05, 4.69) is 9.80 Å². The Labute approximate surface area is 216 Å². The molecule has 36 heavy (non-hydrogen) atoms. The van der Waals surface area contributed by atoms with E-state index in [0.717, 1.165) is 74.4 Å². The molecular formula is C30H42N2O4. The molecule has 6 nitrogen and oxygen atoms in total. The molecule has 1 fully saturated rings. The molecule has 0 aliphatic carbocycles. The summed E-state index contributed by atoms with van der Waals surface area (Å²) in [4.78, 5) is 30.0. The largest absolute Gasteiger partial charge is 0.464 e. The lowest BCUT2D eigenvalue weighted by atomic mass is 9.93. The lowest BCUT2D eigenvalue weighted by molar-refractivity contribution is -0.147. The normalized spacial score (nSPS) is 16.3. The van der Waals surface area contributed by atoms with Gasteiger partial charge in [0.15, 0.2) is 0 Å². The average Bonchev–Trinajstić information content (AvgIpc) is 2.88. The number of benzene rings is 2. The molecule has 1 saturated heterocycles. The molecule has 0 spiro atoms. The van der Waals surface area contributed by atoms with Crippen molar-refractivity contribution in [2.75, 3.05) is 52.5 Å². The van der Waals surface area contributed by atoms with Crippen molar-refractivity contribution in [3.05, 3.63) is 70.8 Å². The average molecular weight is 495 g/mol. The lowest BCUT2D eigenvalue weighted by Gasteiger charge is -2.34. The topological polar surface area (TPSA) is 59.1 Å². The van der Waals surface area contributed by atoms with Crippen molar-refractivity contribution in [3.63, 3.8) is 0 Å². The van der Waals surface area contributed by atoms with Crippen LogP contribution in [-0.2, 0) is 19.1 Å². The number of hydrogen-bond acceptors (Lipinski definition) is 6. The van der Waals surface area contributed by atoms with Gasteiger partial charge in [-0.3, -0.25) is 19.4 Å². The zero-order valence-electron chi connectivity index (χ0n) is 22.4. The Bertz CT molecular complexity index is 905. The van der Waals surface area contributed by atoms with Gasteiger partial charge in [0.05, 0.1) is 11.8 Å². The summed E-state index contributed by atoms with van der Waals surface area (Å²) < 4.78 is 11.3. The van der Waals surface area contributed by atoms with Crippen LogP contribution in [0.15, 0.2) is 48.5 Å². The van der Waals surface area contributed by atoms with E-state index in [1.807, 2.05) is 76.2 Å². The molecule has 1 aliphatic rings. The highest BCUT2D eigenvalue weighted by molar-refractivity contribution is 5.79. The Kier molecular flexibility index (Phi) is 11.0. The number of hydrogen-bond donors (Lipinski definition) is 0. The molecule has 3 rings (SSSR count). The zero-order valence-corrected chi connectivity index (χ0v) is 22.4. The fourth-order valence-corrected chi connectivity index (χ4v) is 4.97. The van der Waals surface area contributed by atoms with Crippen molar-refractivity contribution in [1.82, 2.24) is 9.80 Å². The molecule has 1 heterocycles. The quantitative estimate of drug-likeness (QED) is 0.399. The summed E-state index contributed by atoms with van der Waals surface area (Å²) in [6.07, 6.45) is 1.47. The van der Waals surface area contributed by atoms with E-state index in [-0.39, 0.29) is 23.8 Å². The third-order valence-corrected chi connectivity index (χ3v) is 7.28. The van der Waals surface area contributed by atoms with Gasteiger partial charge in [0.1, 0.15) is 13.2 Å². The summed E-state index contributed by atoms with van der Waals surface area (Å²) in [6.45, 7) is 14.1. The van der Waals surface area contributed by atoms with Crippen LogP contribution in [0, 0.1) is 13.8 Å².